The SMILES string of the molecule is CCSc1ccccc1C(=O)NCCn1nc(C2CC2)cc1C1CC1. The van der Waals surface area contributed by atoms with E-state index < -0.39 is 0 Å². The molecule has 2 aliphatic rings. The molecule has 0 aliphatic heterocycles. The maximum atomic E-state index is 12.5. The quantitative estimate of drug-likeness (QED) is 0.723. The molecule has 2 aromatic rings. The molecule has 1 amide bonds. The summed E-state index contributed by atoms with van der Waals surface area (Å²) in [5.41, 5.74) is 3.41. The minimum absolute atomic E-state index is 0.0131. The summed E-state index contributed by atoms with van der Waals surface area (Å²) in [5, 5.41) is 7.89. The lowest BCUT2D eigenvalue weighted by Crippen LogP contribution is -2.28. The van der Waals surface area contributed by atoms with Gasteiger partial charge >= 0.3 is 0 Å². The molecule has 0 atom stereocenters. The third-order valence-electron chi connectivity index (χ3n) is 4.86. The fraction of sp³-hybridized carbons (Fsp3) is 0.500. The molecular weight excluding hydrogens is 330 g/mol. The van der Waals surface area contributed by atoms with Crippen molar-refractivity contribution in [2.75, 3.05) is 12.3 Å². The molecule has 2 fully saturated rings. The molecule has 4 rings (SSSR count). The zero-order chi connectivity index (χ0) is 17.2. The van der Waals surface area contributed by atoms with Gasteiger partial charge in [-0.3, -0.25) is 9.48 Å². The second-order valence-electron chi connectivity index (χ2n) is 6.95. The highest BCUT2D eigenvalue weighted by atomic mass is 32.2. The second-order valence-corrected chi connectivity index (χ2v) is 8.26. The lowest BCUT2D eigenvalue weighted by molar-refractivity contribution is 0.0949. The average molecular weight is 356 g/mol. The van der Waals surface area contributed by atoms with E-state index >= 15 is 0 Å². The van der Waals surface area contributed by atoms with Gasteiger partial charge < -0.3 is 5.32 Å². The van der Waals surface area contributed by atoms with Crippen molar-refractivity contribution in [2.45, 2.75) is 55.9 Å². The first-order valence-corrected chi connectivity index (χ1v) is 10.3. The molecular formula is C20H25N3OS. The fourth-order valence-electron chi connectivity index (χ4n) is 3.22. The number of nitrogens with one attached hydrogen (secondary N) is 1. The maximum absolute atomic E-state index is 12.5. The van der Waals surface area contributed by atoms with Gasteiger partial charge in [-0.15, -0.1) is 11.8 Å². The van der Waals surface area contributed by atoms with E-state index in [1.54, 1.807) is 11.8 Å². The summed E-state index contributed by atoms with van der Waals surface area (Å²) in [6, 6.07) is 10.1. The van der Waals surface area contributed by atoms with Crippen molar-refractivity contribution in [1.82, 2.24) is 15.1 Å². The van der Waals surface area contributed by atoms with Gasteiger partial charge in [0.2, 0.25) is 0 Å². The lowest BCUT2D eigenvalue weighted by Gasteiger charge is -2.10. The van der Waals surface area contributed by atoms with Crippen molar-refractivity contribution in [3.05, 3.63) is 47.3 Å². The Bertz CT molecular complexity index is 762. The molecule has 1 N–H and O–H groups in total. The molecule has 4 nitrogen and oxygen atoms in total. The number of nitrogens with zero attached hydrogens (tertiary/aromatic N) is 2. The standard InChI is InChI=1S/C20H25N3OS/c1-2-25-19-6-4-3-5-16(19)20(24)21-11-12-23-18(15-9-10-15)13-17(22-23)14-7-8-14/h3-6,13-15H,2,7-12H2,1H3,(H,21,24). The fourth-order valence-corrected chi connectivity index (χ4v) is 4.03. The number of carbonyl (C=O) groups excluding carboxylic acids is 1. The Morgan fingerprint density at radius 1 is 1.24 bits per heavy atom. The Morgan fingerprint density at radius 2 is 2.00 bits per heavy atom. The van der Waals surface area contributed by atoms with Crippen LogP contribution in [0.3, 0.4) is 0 Å². The molecule has 25 heavy (non-hydrogen) atoms. The van der Waals surface area contributed by atoms with Gasteiger partial charge in [0.1, 0.15) is 0 Å². The second kappa shape index (κ2) is 7.24. The molecule has 132 valence electrons. The summed E-state index contributed by atoms with van der Waals surface area (Å²) in [6.45, 7) is 3.48. The van der Waals surface area contributed by atoms with Crippen molar-refractivity contribution in [2.24, 2.45) is 0 Å². The van der Waals surface area contributed by atoms with Crippen LogP contribution in [0, 0.1) is 0 Å². The van der Waals surface area contributed by atoms with Crippen LogP contribution in [0.15, 0.2) is 35.2 Å². The van der Waals surface area contributed by atoms with Crippen LogP contribution in [-0.2, 0) is 6.54 Å². The number of rotatable bonds is 8. The van der Waals surface area contributed by atoms with Gasteiger partial charge in [0.05, 0.1) is 17.8 Å². The lowest BCUT2D eigenvalue weighted by atomic mass is 10.2. The zero-order valence-electron chi connectivity index (χ0n) is 14.7. The highest BCUT2D eigenvalue weighted by Crippen LogP contribution is 2.44. The highest BCUT2D eigenvalue weighted by molar-refractivity contribution is 7.99. The zero-order valence-corrected chi connectivity index (χ0v) is 15.5. The normalized spacial score (nSPS) is 16.8. The molecule has 0 bridgehead atoms. The van der Waals surface area contributed by atoms with E-state index in [1.807, 2.05) is 24.3 Å². The van der Waals surface area contributed by atoms with E-state index in [0.717, 1.165) is 22.8 Å². The van der Waals surface area contributed by atoms with E-state index in [9.17, 15) is 4.79 Å². The van der Waals surface area contributed by atoms with Crippen molar-refractivity contribution < 1.29 is 4.79 Å². The Hall–Kier alpha value is -1.75. The summed E-state index contributed by atoms with van der Waals surface area (Å²) in [7, 11) is 0. The molecule has 1 aromatic carbocycles. The van der Waals surface area contributed by atoms with E-state index in [-0.39, 0.29) is 5.91 Å². The molecule has 0 unspecified atom stereocenters. The Labute approximate surface area is 153 Å². The summed E-state index contributed by atoms with van der Waals surface area (Å²) in [5.74, 6) is 2.36. The van der Waals surface area contributed by atoms with Crippen molar-refractivity contribution in [3.63, 3.8) is 0 Å². The molecule has 2 saturated carbocycles. The minimum atomic E-state index is 0.0131. The van der Waals surface area contributed by atoms with Gasteiger partial charge in [-0.2, -0.15) is 5.10 Å². The van der Waals surface area contributed by atoms with E-state index in [2.05, 4.69) is 23.0 Å². The van der Waals surface area contributed by atoms with Crippen LogP contribution < -0.4 is 5.32 Å². The average Bonchev–Trinajstić information content (AvgIpc) is 3.54. The third kappa shape index (κ3) is 3.92. The number of thioether (sulfide) groups is 1. The highest BCUT2D eigenvalue weighted by Gasteiger charge is 2.32. The van der Waals surface area contributed by atoms with Crippen molar-refractivity contribution in [1.29, 1.82) is 0 Å². The topological polar surface area (TPSA) is 46.9 Å². The van der Waals surface area contributed by atoms with Gasteiger partial charge in [0.25, 0.3) is 5.91 Å². The number of carbonyl (C=O) groups is 1. The van der Waals surface area contributed by atoms with E-state index in [1.165, 1.54) is 37.1 Å². The van der Waals surface area contributed by atoms with Gasteiger partial charge in [0.15, 0.2) is 0 Å². The summed E-state index contributed by atoms with van der Waals surface area (Å²) in [4.78, 5) is 13.6. The van der Waals surface area contributed by atoms with Crippen LogP contribution in [0.5, 0.6) is 0 Å². The molecule has 2 aliphatic carbocycles. The predicted octanol–water partition coefficient (Wildman–Crippen LogP) is 4.18. The van der Waals surface area contributed by atoms with Crippen LogP contribution >= 0.6 is 11.8 Å². The molecule has 1 heterocycles. The van der Waals surface area contributed by atoms with Crippen LogP contribution in [0.2, 0.25) is 0 Å². The summed E-state index contributed by atoms with van der Waals surface area (Å²) < 4.78 is 2.14. The van der Waals surface area contributed by atoms with Crippen LogP contribution in [-0.4, -0.2) is 28.0 Å². The predicted molar refractivity (Wildman–Crippen MR) is 101 cm³/mol. The molecule has 0 saturated heterocycles. The number of hydrogen-bond donors (Lipinski definition) is 1. The largest absolute Gasteiger partial charge is 0.350 e. The maximum Gasteiger partial charge on any atom is 0.252 e. The third-order valence-corrected chi connectivity index (χ3v) is 5.82. The molecule has 0 spiro atoms. The minimum Gasteiger partial charge on any atom is -0.350 e. The number of aromatic nitrogens is 2. The van der Waals surface area contributed by atoms with Gasteiger partial charge in [-0.25, -0.2) is 0 Å². The van der Waals surface area contributed by atoms with Gasteiger partial charge in [-0.05, 0) is 49.6 Å². The first-order valence-electron chi connectivity index (χ1n) is 9.34. The monoisotopic (exact) mass is 355 g/mol. The number of amides is 1. The van der Waals surface area contributed by atoms with Crippen molar-refractivity contribution in [3.8, 4) is 0 Å². The summed E-state index contributed by atoms with van der Waals surface area (Å²) >= 11 is 1.71. The van der Waals surface area contributed by atoms with Gasteiger partial charge in [0, 0.05) is 29.0 Å². The Kier molecular flexibility index (Phi) is 4.84. The smallest absolute Gasteiger partial charge is 0.252 e. The molecule has 0 radical (unpaired) electrons. The van der Waals surface area contributed by atoms with Crippen LogP contribution in [0.4, 0.5) is 0 Å². The van der Waals surface area contributed by atoms with Crippen LogP contribution in [0.25, 0.3) is 0 Å². The Balaban J connectivity index is 1.38. The first kappa shape index (κ1) is 16.7. The Morgan fingerprint density at radius 3 is 2.72 bits per heavy atom. The number of benzene rings is 1. The van der Waals surface area contributed by atoms with Crippen LogP contribution in [0.1, 0.15) is 66.2 Å². The molecule has 1 aromatic heterocycles. The van der Waals surface area contributed by atoms with Crippen molar-refractivity contribution >= 4 is 17.7 Å². The molecule has 5 heteroatoms. The van der Waals surface area contributed by atoms with E-state index in [4.69, 9.17) is 5.10 Å². The first-order chi connectivity index (χ1) is 12.3. The summed E-state index contributed by atoms with van der Waals surface area (Å²) in [6.07, 6.45) is 5.13. The van der Waals surface area contributed by atoms with E-state index in [0.29, 0.717) is 18.4 Å². The number of hydrogen-bond acceptors (Lipinski definition) is 3. The van der Waals surface area contributed by atoms with Gasteiger partial charge in [-0.1, -0.05) is 19.1 Å².